The van der Waals surface area contributed by atoms with Crippen molar-refractivity contribution in [2.24, 2.45) is 4.99 Å². The molecule has 2 aromatic heterocycles. The molecule has 1 aliphatic carbocycles. The Morgan fingerprint density at radius 3 is 2.67 bits per heavy atom. The Bertz CT molecular complexity index is 1290. The first kappa shape index (κ1) is 23.9. The van der Waals surface area contributed by atoms with Crippen molar-refractivity contribution in [1.82, 2.24) is 15.2 Å². The van der Waals surface area contributed by atoms with Gasteiger partial charge in [0.05, 0.1) is 29.8 Å². The summed E-state index contributed by atoms with van der Waals surface area (Å²) in [5.74, 6) is -1.96. The Kier molecular flexibility index (Phi) is 6.44. The van der Waals surface area contributed by atoms with Crippen LogP contribution < -0.4 is 10.2 Å². The van der Waals surface area contributed by atoms with Gasteiger partial charge in [-0.3, -0.25) is 14.5 Å². The second kappa shape index (κ2) is 9.69. The molecule has 0 radical (unpaired) electrons. The van der Waals surface area contributed by atoms with Gasteiger partial charge in [-0.15, -0.1) is 0 Å². The zero-order chi connectivity index (χ0) is 25.4. The van der Waals surface area contributed by atoms with Crippen LogP contribution in [0.2, 0.25) is 0 Å². The normalized spacial score (nSPS) is 19.9. The first-order valence-corrected chi connectivity index (χ1v) is 11.3. The number of fused-ring (bicyclic) bond motifs is 3. The number of nitrogens with one attached hydrogen (secondary N) is 1. The van der Waals surface area contributed by atoms with E-state index in [4.69, 9.17) is 4.42 Å². The van der Waals surface area contributed by atoms with Crippen LogP contribution in [0.5, 0.6) is 0 Å². The molecule has 1 unspecified atom stereocenters. The highest BCUT2D eigenvalue weighted by Crippen LogP contribution is 2.34. The fourth-order valence-electron chi connectivity index (χ4n) is 4.42. The van der Waals surface area contributed by atoms with Crippen molar-refractivity contribution in [2.45, 2.75) is 12.6 Å². The van der Waals surface area contributed by atoms with Crippen molar-refractivity contribution in [1.29, 1.82) is 0 Å². The number of aromatic nitrogens is 1. The zero-order valence-electron chi connectivity index (χ0n) is 18.9. The van der Waals surface area contributed by atoms with Crippen molar-refractivity contribution in [3.63, 3.8) is 0 Å². The largest absolute Gasteiger partial charge is 0.463 e. The lowest BCUT2D eigenvalue weighted by atomic mass is 9.89. The maximum Gasteiger partial charge on any atom is 0.281 e. The number of alkyl halides is 3. The van der Waals surface area contributed by atoms with Crippen molar-refractivity contribution < 1.29 is 31.6 Å². The predicted octanol–water partition coefficient (Wildman–Crippen LogP) is 2.89. The molecule has 3 aliphatic rings. The zero-order valence-corrected chi connectivity index (χ0v) is 18.9. The molecular weight excluding hydrogens is 482 g/mol. The molecule has 0 spiro atoms. The molecule has 8 nitrogen and oxygen atoms in total. The van der Waals surface area contributed by atoms with Gasteiger partial charge in [0.25, 0.3) is 18.2 Å². The number of anilines is 1. The van der Waals surface area contributed by atoms with Crippen LogP contribution in [0.4, 0.5) is 23.2 Å². The molecule has 36 heavy (non-hydrogen) atoms. The molecule has 2 aliphatic heterocycles. The summed E-state index contributed by atoms with van der Waals surface area (Å²) in [4.78, 5) is 35.3. The lowest BCUT2D eigenvalue weighted by Crippen LogP contribution is -2.48. The van der Waals surface area contributed by atoms with Gasteiger partial charge in [-0.25, -0.2) is 23.1 Å². The van der Waals surface area contributed by atoms with E-state index < -0.39 is 36.9 Å². The van der Waals surface area contributed by atoms with Crippen LogP contribution in [0.25, 0.3) is 5.57 Å². The number of piperazine rings is 1. The summed E-state index contributed by atoms with van der Waals surface area (Å²) in [7, 11) is 0. The van der Waals surface area contributed by atoms with E-state index in [9.17, 15) is 22.8 Å². The molecule has 1 N–H and O–H groups in total. The minimum Gasteiger partial charge on any atom is -0.463 e. The summed E-state index contributed by atoms with van der Waals surface area (Å²) in [6.07, 6.45) is 0.494. The van der Waals surface area contributed by atoms with Gasteiger partial charge in [-0.1, -0.05) is 6.08 Å². The monoisotopic (exact) mass is 503 g/mol. The molecule has 2 amide bonds. The fourth-order valence-corrected chi connectivity index (χ4v) is 4.42. The molecule has 0 aromatic carbocycles. The number of aliphatic imine (C=N–C) groups is 1. The van der Waals surface area contributed by atoms with E-state index in [1.165, 1.54) is 24.5 Å². The van der Waals surface area contributed by atoms with Gasteiger partial charge in [-0.2, -0.15) is 4.39 Å². The summed E-state index contributed by atoms with van der Waals surface area (Å²) in [5.41, 5.74) is 1.19. The highest BCUT2D eigenvalue weighted by molar-refractivity contribution is 6.34. The van der Waals surface area contributed by atoms with Crippen molar-refractivity contribution >= 4 is 28.8 Å². The van der Waals surface area contributed by atoms with Crippen LogP contribution in [-0.2, 0) is 0 Å². The van der Waals surface area contributed by atoms with Crippen molar-refractivity contribution in [2.75, 3.05) is 44.2 Å². The number of rotatable bonds is 6. The summed E-state index contributed by atoms with van der Waals surface area (Å²) >= 11 is 0. The number of carbonyl (C=O) groups is 2. The predicted molar refractivity (Wildman–Crippen MR) is 123 cm³/mol. The molecular formula is C24H21F4N5O3. The molecule has 5 rings (SSSR count). The Morgan fingerprint density at radius 1 is 1.17 bits per heavy atom. The topological polar surface area (TPSA) is 91.0 Å². The minimum atomic E-state index is -2.72. The Balaban J connectivity index is 1.21. The Hall–Kier alpha value is -3.80. The fraction of sp³-hybridized carbons (Fsp3) is 0.333. The van der Waals surface area contributed by atoms with E-state index in [0.717, 1.165) is 0 Å². The van der Waals surface area contributed by atoms with E-state index in [0.29, 0.717) is 55.2 Å². The van der Waals surface area contributed by atoms with Gasteiger partial charge >= 0.3 is 0 Å². The van der Waals surface area contributed by atoms with Gasteiger partial charge in [0, 0.05) is 38.3 Å². The third kappa shape index (κ3) is 4.55. The number of allylic oxidation sites excluding steroid dienone is 3. The average molecular weight is 503 g/mol. The average Bonchev–Trinajstić information content (AvgIpc) is 3.36. The molecule has 4 heterocycles. The lowest BCUT2D eigenvalue weighted by molar-refractivity contribution is 0.0885. The number of carbonyl (C=O) groups excluding carboxylic acids is 2. The first-order chi connectivity index (χ1) is 17.3. The number of halogens is 4. The van der Waals surface area contributed by atoms with Crippen molar-refractivity contribution in [3.05, 3.63) is 65.2 Å². The molecule has 0 saturated carbocycles. The molecule has 1 saturated heterocycles. The maximum atomic E-state index is 15.3. The van der Waals surface area contributed by atoms with Gasteiger partial charge in [0.1, 0.15) is 11.5 Å². The second-order valence-corrected chi connectivity index (χ2v) is 8.52. The first-order valence-electron chi connectivity index (χ1n) is 11.3. The standard InChI is InChI=1S/C24H21F4N5O3/c25-18(26)11-29-24(35)16-3-4-17(22(28)30-16)33-8-6-32(7-9-33)12-13-1-2-14-20(19(13)27)31-23(34)15-5-10-36-21(14)15/h1-5,10,18-19H,6-9,11-12H2,(H,29,35). The number of amides is 2. The quantitative estimate of drug-likeness (QED) is 0.482. The van der Waals surface area contributed by atoms with Crippen LogP contribution in [0, 0.1) is 5.95 Å². The SMILES string of the molecule is O=C(NCC(F)F)c1ccc(N2CCN(CC3=CC=C4C(=NC(=O)c5ccoc54)C3F)CC2)c(F)n1. The summed E-state index contributed by atoms with van der Waals surface area (Å²) in [5, 5.41) is 1.99. The number of nitrogens with zero attached hydrogens (tertiary/aromatic N) is 4. The molecule has 1 fully saturated rings. The molecule has 0 bridgehead atoms. The lowest BCUT2D eigenvalue weighted by Gasteiger charge is -2.37. The summed E-state index contributed by atoms with van der Waals surface area (Å²) in [6, 6.07) is 4.19. The Labute approximate surface area is 203 Å². The van der Waals surface area contributed by atoms with E-state index in [2.05, 4.69) is 9.98 Å². The van der Waals surface area contributed by atoms with Crippen LogP contribution in [0.15, 0.2) is 51.6 Å². The highest BCUT2D eigenvalue weighted by atomic mass is 19.3. The van der Waals surface area contributed by atoms with Crippen LogP contribution in [-0.4, -0.2) is 79.3 Å². The second-order valence-electron chi connectivity index (χ2n) is 8.52. The number of hydrogen-bond donors (Lipinski definition) is 1. The van der Waals surface area contributed by atoms with E-state index in [1.807, 2.05) is 10.2 Å². The van der Waals surface area contributed by atoms with E-state index in [-0.39, 0.29) is 17.1 Å². The number of hydrogen-bond acceptors (Lipinski definition) is 6. The van der Waals surface area contributed by atoms with Crippen LogP contribution in [0.3, 0.4) is 0 Å². The number of pyridine rings is 1. The third-order valence-corrected chi connectivity index (χ3v) is 6.27. The van der Waals surface area contributed by atoms with Gasteiger partial charge in [0.2, 0.25) is 5.95 Å². The Morgan fingerprint density at radius 2 is 1.94 bits per heavy atom. The van der Waals surface area contributed by atoms with E-state index in [1.54, 1.807) is 17.1 Å². The van der Waals surface area contributed by atoms with E-state index >= 15 is 4.39 Å². The molecule has 2 aromatic rings. The maximum absolute atomic E-state index is 15.3. The van der Waals surface area contributed by atoms with Gasteiger partial charge in [-0.05, 0) is 29.8 Å². The van der Waals surface area contributed by atoms with Gasteiger partial charge < -0.3 is 14.6 Å². The smallest absolute Gasteiger partial charge is 0.281 e. The molecule has 1 atom stereocenters. The van der Waals surface area contributed by atoms with Crippen LogP contribution in [0.1, 0.15) is 26.6 Å². The molecule has 12 heteroatoms. The molecule has 188 valence electrons. The third-order valence-electron chi connectivity index (χ3n) is 6.27. The number of furan rings is 1. The summed E-state index contributed by atoms with van der Waals surface area (Å²) in [6.45, 7) is 1.33. The minimum absolute atomic E-state index is 0.0457. The van der Waals surface area contributed by atoms with Crippen molar-refractivity contribution in [3.8, 4) is 0 Å². The highest BCUT2D eigenvalue weighted by Gasteiger charge is 2.36. The van der Waals surface area contributed by atoms with Crippen LogP contribution >= 0.6 is 0 Å². The van der Waals surface area contributed by atoms with Gasteiger partial charge in [0.15, 0.2) is 6.17 Å². The summed E-state index contributed by atoms with van der Waals surface area (Å²) < 4.78 is 59.8.